The number of esters is 1. The summed E-state index contributed by atoms with van der Waals surface area (Å²) in [6.07, 6.45) is 1.56. The number of rotatable bonds is 8. The molecule has 38 heavy (non-hydrogen) atoms. The molecule has 1 heterocycles. The average Bonchev–Trinajstić information content (AvgIpc) is 2.84. The van der Waals surface area contributed by atoms with Gasteiger partial charge in [0.15, 0.2) is 5.78 Å². The van der Waals surface area contributed by atoms with Crippen molar-refractivity contribution in [2.24, 2.45) is 0 Å². The van der Waals surface area contributed by atoms with Crippen molar-refractivity contribution in [2.45, 2.75) is 52.2 Å². The van der Waals surface area contributed by atoms with Crippen LogP contribution in [0.1, 0.15) is 61.6 Å². The van der Waals surface area contributed by atoms with Crippen molar-refractivity contribution in [1.82, 2.24) is 4.57 Å². The highest BCUT2D eigenvalue weighted by Crippen LogP contribution is 2.33. The van der Waals surface area contributed by atoms with Gasteiger partial charge in [-0.15, -0.1) is 0 Å². The normalized spacial score (nSPS) is 11.9. The predicted octanol–water partition coefficient (Wildman–Crippen LogP) is 5.91. The van der Waals surface area contributed by atoms with Gasteiger partial charge in [-0.05, 0) is 63.1 Å². The first-order chi connectivity index (χ1) is 17.9. The maximum absolute atomic E-state index is 14.7. The molecule has 3 aromatic rings. The van der Waals surface area contributed by atoms with Crippen molar-refractivity contribution in [3.63, 3.8) is 0 Å². The van der Waals surface area contributed by atoms with Crippen molar-refractivity contribution in [2.75, 3.05) is 7.11 Å². The number of methoxy groups -OCH3 is 1. The Kier molecular flexibility index (Phi) is 8.74. The Morgan fingerprint density at radius 1 is 1.13 bits per heavy atom. The van der Waals surface area contributed by atoms with E-state index in [1.54, 1.807) is 45.9 Å². The quantitative estimate of drug-likeness (QED) is 0.331. The number of carbonyl (C=O) groups is 2. The van der Waals surface area contributed by atoms with E-state index in [9.17, 15) is 24.0 Å². The molecule has 1 aromatic heterocycles. The van der Waals surface area contributed by atoms with E-state index in [-0.39, 0.29) is 23.5 Å². The number of hydrogen-bond donors (Lipinski definition) is 0. The van der Waals surface area contributed by atoms with E-state index in [1.165, 1.54) is 36.1 Å². The first-order valence-corrected chi connectivity index (χ1v) is 12.3. The lowest BCUT2D eigenvalue weighted by Gasteiger charge is -2.20. The summed E-state index contributed by atoms with van der Waals surface area (Å²) in [5.41, 5.74) is -0.0127. The van der Waals surface area contributed by atoms with Gasteiger partial charge in [-0.25, -0.2) is 9.18 Å². The van der Waals surface area contributed by atoms with Crippen molar-refractivity contribution >= 4 is 23.4 Å². The molecule has 0 radical (unpaired) electrons. The highest BCUT2D eigenvalue weighted by Gasteiger charge is 2.24. The fourth-order valence-electron chi connectivity index (χ4n) is 4.05. The Balaban J connectivity index is 1.92. The summed E-state index contributed by atoms with van der Waals surface area (Å²) in [6.45, 7) is 6.80. The number of nitrogens with zero attached hydrogens (tertiary/aromatic N) is 2. The third-order valence-electron chi connectivity index (χ3n) is 5.78. The van der Waals surface area contributed by atoms with Gasteiger partial charge in [-0.2, -0.15) is 5.26 Å². The molecule has 0 amide bonds. The minimum Gasteiger partial charge on any atom is -0.495 e. The number of nitriles is 1. The summed E-state index contributed by atoms with van der Waals surface area (Å²) < 4.78 is 26.7. The second kappa shape index (κ2) is 11.6. The second-order valence-corrected chi connectivity index (χ2v) is 10.1. The molecule has 0 spiro atoms. The van der Waals surface area contributed by atoms with E-state index in [1.807, 2.05) is 0 Å². The smallest absolute Gasteiger partial charge is 0.341 e. The fraction of sp³-hybridized carbons (Fsp3) is 0.310. The molecule has 0 fully saturated rings. The Morgan fingerprint density at radius 3 is 2.42 bits per heavy atom. The summed E-state index contributed by atoms with van der Waals surface area (Å²) in [5.74, 6) is -1.63. The summed E-state index contributed by atoms with van der Waals surface area (Å²) >= 11 is 6.12. The lowest BCUT2D eigenvalue weighted by Crippen LogP contribution is -2.30. The van der Waals surface area contributed by atoms with Gasteiger partial charge in [0, 0.05) is 28.6 Å². The van der Waals surface area contributed by atoms with Crippen LogP contribution in [0.4, 0.5) is 4.39 Å². The third kappa shape index (κ3) is 6.48. The monoisotopic (exact) mass is 538 g/mol. The van der Waals surface area contributed by atoms with Crippen LogP contribution in [0.2, 0.25) is 5.02 Å². The number of carbonyl (C=O) groups excluding carboxylic acids is 2. The lowest BCUT2D eigenvalue weighted by atomic mass is 9.98. The predicted molar refractivity (Wildman–Crippen MR) is 142 cm³/mol. The summed E-state index contributed by atoms with van der Waals surface area (Å²) in [5, 5.41) is 9.89. The summed E-state index contributed by atoms with van der Waals surface area (Å²) in [4.78, 5) is 38.6. The van der Waals surface area contributed by atoms with Gasteiger partial charge in [-0.3, -0.25) is 9.59 Å². The van der Waals surface area contributed by atoms with E-state index in [2.05, 4.69) is 6.07 Å². The Hall–Kier alpha value is -3.96. The molecule has 198 valence electrons. The minimum atomic E-state index is -0.853. The van der Waals surface area contributed by atoms with E-state index in [0.717, 1.165) is 6.07 Å². The second-order valence-electron chi connectivity index (χ2n) is 9.69. The van der Waals surface area contributed by atoms with Gasteiger partial charge in [0.25, 0.3) is 5.56 Å². The standard InChI is InChI=1S/C29H28ClFN2O5/c1-6-24(25(34)12-17-7-10-20(23(31)11-17)28(36)38-29(2,3)4)33-16-26(37-5)22(14-27(33)35)21-13-19(30)9-8-18(21)15-32/h7-11,13-14,16,24H,6,12H2,1-5H3. The van der Waals surface area contributed by atoms with Gasteiger partial charge >= 0.3 is 5.97 Å². The molecule has 7 nitrogen and oxygen atoms in total. The van der Waals surface area contributed by atoms with Crippen LogP contribution >= 0.6 is 11.6 Å². The minimum absolute atomic E-state index is 0.159. The van der Waals surface area contributed by atoms with Crippen molar-refractivity contribution in [3.05, 3.63) is 86.5 Å². The van der Waals surface area contributed by atoms with Gasteiger partial charge in [0.1, 0.15) is 17.2 Å². The fourth-order valence-corrected chi connectivity index (χ4v) is 4.22. The Morgan fingerprint density at radius 2 is 1.84 bits per heavy atom. The first-order valence-electron chi connectivity index (χ1n) is 11.9. The zero-order chi connectivity index (χ0) is 28.2. The number of benzene rings is 2. The molecule has 0 N–H and O–H groups in total. The molecule has 0 aliphatic carbocycles. The first kappa shape index (κ1) is 28.6. The molecule has 0 bridgehead atoms. The molecule has 0 saturated carbocycles. The van der Waals surface area contributed by atoms with Crippen molar-refractivity contribution in [1.29, 1.82) is 5.26 Å². The maximum atomic E-state index is 14.7. The third-order valence-corrected chi connectivity index (χ3v) is 6.02. The summed E-state index contributed by atoms with van der Waals surface area (Å²) in [7, 11) is 1.42. The number of hydrogen-bond acceptors (Lipinski definition) is 6. The molecule has 0 aliphatic heterocycles. The van der Waals surface area contributed by atoms with Gasteiger partial charge in [0.05, 0.1) is 36.5 Å². The lowest BCUT2D eigenvalue weighted by molar-refractivity contribution is -0.121. The van der Waals surface area contributed by atoms with Gasteiger partial charge < -0.3 is 14.0 Å². The van der Waals surface area contributed by atoms with Crippen LogP contribution in [0.3, 0.4) is 0 Å². The molecule has 0 saturated heterocycles. The molecular weight excluding hydrogens is 511 g/mol. The molecule has 9 heteroatoms. The van der Waals surface area contributed by atoms with Crippen molar-refractivity contribution in [3.8, 4) is 22.9 Å². The van der Waals surface area contributed by atoms with E-state index in [0.29, 0.717) is 33.7 Å². The van der Waals surface area contributed by atoms with Crippen molar-refractivity contribution < 1.29 is 23.5 Å². The van der Waals surface area contributed by atoms with Crippen LogP contribution in [0.25, 0.3) is 11.1 Å². The van der Waals surface area contributed by atoms with Crippen LogP contribution in [-0.2, 0) is 16.0 Å². The van der Waals surface area contributed by atoms with E-state index < -0.39 is 29.0 Å². The number of aromatic nitrogens is 1. The zero-order valence-electron chi connectivity index (χ0n) is 21.8. The number of pyridine rings is 1. The molecule has 1 unspecified atom stereocenters. The van der Waals surface area contributed by atoms with Gasteiger partial charge in [-0.1, -0.05) is 24.6 Å². The molecule has 1 atom stereocenters. The molecule has 0 aliphatic rings. The summed E-state index contributed by atoms with van der Waals surface area (Å²) in [6, 6.07) is 11.1. The number of ether oxygens (including phenoxy) is 2. The number of Topliss-reactive ketones (excluding diaryl/α,β-unsaturated/α-hetero) is 1. The van der Waals surface area contributed by atoms with Gasteiger partial charge in [0.2, 0.25) is 0 Å². The zero-order valence-corrected chi connectivity index (χ0v) is 22.6. The van der Waals surface area contributed by atoms with Crippen LogP contribution in [0.15, 0.2) is 53.5 Å². The van der Waals surface area contributed by atoms with Crippen LogP contribution in [-0.4, -0.2) is 29.0 Å². The maximum Gasteiger partial charge on any atom is 0.341 e. The van der Waals surface area contributed by atoms with Crippen LogP contribution < -0.4 is 10.3 Å². The average molecular weight is 539 g/mol. The van der Waals surface area contributed by atoms with E-state index >= 15 is 0 Å². The van der Waals surface area contributed by atoms with Crippen LogP contribution in [0, 0.1) is 17.1 Å². The van der Waals surface area contributed by atoms with Crippen LogP contribution in [0.5, 0.6) is 5.75 Å². The largest absolute Gasteiger partial charge is 0.495 e. The topological polar surface area (TPSA) is 98.4 Å². The number of halogens is 2. The highest BCUT2D eigenvalue weighted by molar-refractivity contribution is 6.31. The number of ketones is 1. The Bertz CT molecular complexity index is 1480. The van der Waals surface area contributed by atoms with E-state index in [4.69, 9.17) is 21.1 Å². The molecule has 3 rings (SSSR count). The Labute approximate surface area is 225 Å². The molecule has 2 aromatic carbocycles. The molecular formula is C29H28ClFN2O5. The highest BCUT2D eigenvalue weighted by atomic mass is 35.5. The SMILES string of the molecule is CCC(C(=O)Cc1ccc(C(=O)OC(C)(C)C)c(F)c1)n1cc(OC)c(-c2cc(Cl)ccc2C#N)cc1=O.